The van der Waals surface area contributed by atoms with Crippen LogP contribution in [-0.4, -0.2) is 50.2 Å². The molecule has 0 spiro atoms. The van der Waals surface area contributed by atoms with Gasteiger partial charge in [-0.15, -0.1) is 11.3 Å². The zero-order valence-corrected chi connectivity index (χ0v) is 17.2. The first-order valence-corrected chi connectivity index (χ1v) is 11.0. The molecule has 4 rings (SSSR count). The number of hydrogen-bond acceptors (Lipinski definition) is 4. The molecule has 2 aliphatic heterocycles. The van der Waals surface area contributed by atoms with Crippen molar-refractivity contribution >= 4 is 17.2 Å². The lowest BCUT2D eigenvalue weighted by molar-refractivity contribution is -0.00954. The number of nitrogens with one attached hydrogen (secondary N) is 1. The number of carbonyl (C=O) groups excluding carboxylic acids is 1. The molecule has 1 aromatic rings. The Balaban J connectivity index is 1.36. The minimum Gasteiger partial charge on any atom is -0.384 e. The van der Waals surface area contributed by atoms with E-state index in [4.69, 9.17) is 4.74 Å². The van der Waals surface area contributed by atoms with Crippen molar-refractivity contribution in [3.63, 3.8) is 0 Å². The lowest BCUT2D eigenvalue weighted by Gasteiger charge is -2.47. The molecule has 3 heterocycles. The highest BCUT2D eigenvalue weighted by molar-refractivity contribution is 7.12. The van der Waals surface area contributed by atoms with Crippen LogP contribution in [0.5, 0.6) is 0 Å². The minimum absolute atomic E-state index is 0.144. The van der Waals surface area contributed by atoms with E-state index in [1.165, 1.54) is 54.1 Å². The first kappa shape index (κ1) is 18.5. The summed E-state index contributed by atoms with van der Waals surface area (Å²) in [6.45, 7) is 8.72. The maximum Gasteiger partial charge on any atom is 0.252 e. The fourth-order valence-corrected chi connectivity index (χ4v) is 6.76. The molecule has 2 fully saturated rings. The number of amides is 1. The molecule has 1 amide bonds. The molecule has 1 saturated carbocycles. The average Bonchev–Trinajstić information content (AvgIpc) is 2.95. The highest BCUT2D eigenvalue weighted by Crippen LogP contribution is 2.43. The summed E-state index contributed by atoms with van der Waals surface area (Å²) in [4.78, 5) is 17.7. The topological polar surface area (TPSA) is 41.6 Å². The molecule has 0 radical (unpaired) electrons. The van der Waals surface area contributed by atoms with E-state index in [9.17, 15) is 4.79 Å². The quantitative estimate of drug-likeness (QED) is 0.854. The van der Waals surface area contributed by atoms with Crippen LogP contribution in [0.3, 0.4) is 0 Å². The molecule has 1 aromatic heterocycles. The van der Waals surface area contributed by atoms with Crippen molar-refractivity contribution in [2.45, 2.75) is 57.9 Å². The van der Waals surface area contributed by atoms with Crippen LogP contribution in [0.2, 0.25) is 0 Å². The van der Waals surface area contributed by atoms with Crippen molar-refractivity contribution in [1.29, 1.82) is 0 Å². The highest BCUT2D eigenvalue weighted by atomic mass is 32.1. The van der Waals surface area contributed by atoms with Crippen LogP contribution in [0.4, 0.5) is 0 Å². The van der Waals surface area contributed by atoms with Gasteiger partial charge < -0.3 is 10.1 Å². The van der Waals surface area contributed by atoms with E-state index in [0.29, 0.717) is 5.92 Å². The number of fused-ring (bicyclic) bond motifs is 1. The van der Waals surface area contributed by atoms with E-state index in [2.05, 4.69) is 24.1 Å². The van der Waals surface area contributed by atoms with Gasteiger partial charge in [0.1, 0.15) is 0 Å². The van der Waals surface area contributed by atoms with Crippen LogP contribution in [0, 0.1) is 18.8 Å². The van der Waals surface area contributed by atoms with Gasteiger partial charge in [0.15, 0.2) is 0 Å². The molecular formula is C21H32N2O2S. The van der Waals surface area contributed by atoms with E-state index < -0.39 is 0 Å². The summed E-state index contributed by atoms with van der Waals surface area (Å²) in [6, 6.07) is 0.787. The molecule has 4 nitrogen and oxygen atoms in total. The fourth-order valence-electron chi connectivity index (χ4n) is 5.31. The summed E-state index contributed by atoms with van der Waals surface area (Å²) in [5.41, 5.74) is 2.24. The third-order valence-corrected chi connectivity index (χ3v) is 8.44. The van der Waals surface area contributed by atoms with E-state index in [1.54, 1.807) is 0 Å². The van der Waals surface area contributed by atoms with Gasteiger partial charge >= 0.3 is 0 Å². The number of methoxy groups -OCH3 is 1. The number of hydrogen-bond donors (Lipinski definition) is 1. The number of carbonyl (C=O) groups is 1. The second kappa shape index (κ2) is 7.61. The molecule has 0 bridgehead atoms. The van der Waals surface area contributed by atoms with Crippen molar-refractivity contribution < 1.29 is 9.53 Å². The zero-order chi connectivity index (χ0) is 18.3. The molecule has 5 heteroatoms. The van der Waals surface area contributed by atoms with Gasteiger partial charge in [0.25, 0.3) is 5.91 Å². The highest BCUT2D eigenvalue weighted by Gasteiger charge is 2.36. The number of nitrogens with zero attached hydrogens (tertiary/aromatic N) is 1. The van der Waals surface area contributed by atoms with Gasteiger partial charge in [-0.05, 0) is 56.4 Å². The van der Waals surface area contributed by atoms with Crippen LogP contribution in [-0.2, 0) is 11.2 Å². The monoisotopic (exact) mass is 376 g/mol. The lowest BCUT2D eigenvalue weighted by atomic mass is 9.76. The first-order valence-electron chi connectivity index (χ1n) is 10.2. The molecular weight excluding hydrogens is 344 g/mol. The third kappa shape index (κ3) is 3.34. The van der Waals surface area contributed by atoms with E-state index in [0.717, 1.165) is 43.0 Å². The van der Waals surface area contributed by atoms with Crippen LogP contribution < -0.4 is 5.32 Å². The second-order valence-corrected chi connectivity index (χ2v) is 9.66. The molecule has 1 unspecified atom stereocenters. The Labute approximate surface area is 161 Å². The zero-order valence-electron chi connectivity index (χ0n) is 16.3. The van der Waals surface area contributed by atoms with Gasteiger partial charge in [-0.1, -0.05) is 6.92 Å². The maximum atomic E-state index is 12.2. The smallest absolute Gasteiger partial charge is 0.252 e. The van der Waals surface area contributed by atoms with Crippen LogP contribution in [0.15, 0.2) is 0 Å². The lowest BCUT2D eigenvalue weighted by Crippen LogP contribution is -2.54. The SMILES string of the molecule is COCC1CN([C@H]2CC[C@H](C(C)c3sc4c(c3C)C(=O)NCC4)CC2)C1. The largest absolute Gasteiger partial charge is 0.384 e. The summed E-state index contributed by atoms with van der Waals surface area (Å²) in [7, 11) is 1.81. The predicted molar refractivity (Wildman–Crippen MR) is 106 cm³/mol. The van der Waals surface area contributed by atoms with Crippen LogP contribution >= 0.6 is 11.3 Å². The average molecular weight is 377 g/mol. The Morgan fingerprint density at radius 3 is 2.65 bits per heavy atom. The van der Waals surface area contributed by atoms with Gasteiger partial charge in [0.05, 0.1) is 12.2 Å². The summed E-state index contributed by atoms with van der Waals surface area (Å²) in [5.74, 6) is 2.24. The van der Waals surface area contributed by atoms with Crippen molar-refractivity contribution in [3.8, 4) is 0 Å². The Bertz CT molecular complexity index is 657. The van der Waals surface area contributed by atoms with Gasteiger partial charge in [0.2, 0.25) is 0 Å². The predicted octanol–water partition coefficient (Wildman–Crippen LogP) is 3.58. The Morgan fingerprint density at radius 2 is 2.00 bits per heavy atom. The number of rotatable bonds is 5. The molecule has 1 saturated heterocycles. The van der Waals surface area contributed by atoms with Gasteiger partial charge in [-0.2, -0.15) is 0 Å². The number of ether oxygens (including phenoxy) is 1. The molecule has 1 N–H and O–H groups in total. The molecule has 1 aliphatic carbocycles. The standard InChI is InChI=1S/C21H32N2O2S/c1-13(20-14(2)19-18(26-20)8-9-22-21(19)24)16-4-6-17(7-5-16)23-10-15(11-23)12-25-3/h13,15-17H,4-12H2,1-3H3,(H,22,24)/t13?,16-,17-. The molecule has 0 aromatic carbocycles. The van der Waals surface area contributed by atoms with Crippen LogP contribution in [0.1, 0.15) is 64.2 Å². The third-order valence-electron chi connectivity index (χ3n) is 6.89. The summed E-state index contributed by atoms with van der Waals surface area (Å²) < 4.78 is 5.28. The molecule has 1 atom stereocenters. The summed E-state index contributed by atoms with van der Waals surface area (Å²) >= 11 is 1.91. The van der Waals surface area contributed by atoms with Gasteiger partial charge in [-0.25, -0.2) is 0 Å². The minimum atomic E-state index is 0.144. The van der Waals surface area contributed by atoms with E-state index in [1.807, 2.05) is 18.4 Å². The van der Waals surface area contributed by atoms with Crippen LogP contribution in [0.25, 0.3) is 0 Å². The van der Waals surface area contributed by atoms with Crippen molar-refractivity contribution in [1.82, 2.24) is 10.2 Å². The second-order valence-electron chi connectivity index (χ2n) is 8.53. The molecule has 26 heavy (non-hydrogen) atoms. The van der Waals surface area contributed by atoms with E-state index in [-0.39, 0.29) is 5.91 Å². The molecule has 144 valence electrons. The number of thiophene rings is 1. The van der Waals surface area contributed by atoms with Gasteiger partial charge in [-0.3, -0.25) is 9.69 Å². The summed E-state index contributed by atoms with van der Waals surface area (Å²) in [6.07, 6.45) is 6.32. The Morgan fingerprint density at radius 1 is 1.27 bits per heavy atom. The Kier molecular flexibility index (Phi) is 5.40. The normalized spacial score (nSPS) is 28.3. The van der Waals surface area contributed by atoms with Crippen molar-refractivity contribution in [2.75, 3.05) is 33.4 Å². The Hall–Kier alpha value is -0.910. The van der Waals surface area contributed by atoms with E-state index >= 15 is 0 Å². The first-order chi connectivity index (χ1) is 12.6. The number of likely N-dealkylation sites (tertiary alicyclic amines) is 1. The van der Waals surface area contributed by atoms with Gasteiger partial charge in [0, 0.05) is 48.5 Å². The fraction of sp³-hybridized carbons (Fsp3) is 0.762. The van der Waals surface area contributed by atoms with Crippen molar-refractivity contribution in [2.24, 2.45) is 11.8 Å². The summed E-state index contributed by atoms with van der Waals surface area (Å²) in [5, 5.41) is 3.01. The molecule has 3 aliphatic rings. The van der Waals surface area contributed by atoms with Crippen molar-refractivity contribution in [3.05, 3.63) is 20.9 Å². The maximum absolute atomic E-state index is 12.2.